The molecule has 2 aromatic carbocycles. The van der Waals surface area contributed by atoms with Crippen LogP contribution in [0.25, 0.3) is 0 Å². The zero-order chi connectivity index (χ0) is 28.4. The minimum Gasteiger partial charge on any atom is -0.490 e. The van der Waals surface area contributed by atoms with Crippen molar-refractivity contribution in [2.75, 3.05) is 12.4 Å². The summed E-state index contributed by atoms with van der Waals surface area (Å²) >= 11 is 5.76. The van der Waals surface area contributed by atoms with Crippen LogP contribution in [0.15, 0.2) is 42.6 Å². The average Bonchev–Trinajstić information content (AvgIpc) is 2.79. The van der Waals surface area contributed by atoms with Crippen LogP contribution in [0.1, 0.15) is 25.0 Å². The van der Waals surface area contributed by atoms with Gasteiger partial charge in [-0.05, 0) is 36.4 Å². The number of hydrogen-bond acceptors (Lipinski definition) is 6. The molecule has 0 aliphatic carbocycles. The van der Waals surface area contributed by atoms with Crippen molar-refractivity contribution in [1.82, 2.24) is 4.98 Å². The predicted molar refractivity (Wildman–Crippen MR) is 112 cm³/mol. The van der Waals surface area contributed by atoms with Crippen LogP contribution in [0.4, 0.5) is 27.6 Å². The number of amides is 2. The molecule has 0 aliphatic heterocycles. The van der Waals surface area contributed by atoms with E-state index in [9.17, 15) is 31.5 Å². The van der Waals surface area contributed by atoms with E-state index in [1.54, 1.807) is 0 Å². The fourth-order valence-corrected chi connectivity index (χ4v) is 2.84. The molecule has 3 aromatic rings. The van der Waals surface area contributed by atoms with Crippen molar-refractivity contribution in [3.8, 4) is 23.0 Å². The first-order valence-corrected chi connectivity index (χ1v) is 9.44. The number of pyridine rings is 1. The molecule has 0 radical (unpaired) electrons. The van der Waals surface area contributed by atoms with Crippen LogP contribution < -0.4 is 25.3 Å². The second kappa shape index (κ2) is 10.0. The van der Waals surface area contributed by atoms with Gasteiger partial charge in [0.15, 0.2) is 17.3 Å². The van der Waals surface area contributed by atoms with Gasteiger partial charge in [-0.25, -0.2) is 4.39 Å². The third-order valence-corrected chi connectivity index (χ3v) is 4.42. The maximum absolute atomic E-state index is 14.9. The first kappa shape index (κ1) is 21.4. The molecule has 14 heteroatoms. The van der Waals surface area contributed by atoms with Crippen molar-refractivity contribution in [3.05, 3.63) is 70.5 Å². The molecule has 0 unspecified atom stereocenters. The van der Waals surface area contributed by atoms with E-state index in [4.69, 9.17) is 26.2 Å². The van der Waals surface area contributed by atoms with E-state index < -0.39 is 70.4 Å². The number of nitrogens with one attached hydrogen (secondary N) is 1. The van der Waals surface area contributed by atoms with Gasteiger partial charge in [-0.1, -0.05) is 11.6 Å². The van der Waals surface area contributed by atoms with E-state index in [0.717, 1.165) is 24.4 Å². The number of halogens is 6. The topological polar surface area (TPSA) is 113 Å². The van der Waals surface area contributed by atoms with Crippen LogP contribution >= 0.6 is 11.6 Å². The zero-order valence-corrected chi connectivity index (χ0v) is 17.6. The SMILES string of the molecule is [2H]C([2H])([2H])Oc1c(Oc2ccc(Cl)c(F)c2C(=O)Nc2ccnc(C(N)=O)c2)ccc(OC(F)(F)F)c1F. The Kier molecular flexibility index (Phi) is 6.12. The Balaban J connectivity index is 2.06. The second-order valence-corrected chi connectivity index (χ2v) is 6.85. The molecular formula is C21H13ClF5N3O5. The number of rotatable bonds is 7. The highest BCUT2D eigenvalue weighted by molar-refractivity contribution is 6.31. The van der Waals surface area contributed by atoms with Gasteiger partial charge in [0.2, 0.25) is 11.6 Å². The highest BCUT2D eigenvalue weighted by atomic mass is 35.5. The molecule has 1 heterocycles. The fraction of sp³-hybridized carbons (Fsp3) is 0.0952. The van der Waals surface area contributed by atoms with Crippen molar-refractivity contribution in [1.29, 1.82) is 0 Å². The van der Waals surface area contributed by atoms with Crippen molar-refractivity contribution >= 4 is 29.1 Å². The molecule has 0 saturated heterocycles. The number of primary amides is 1. The number of aromatic nitrogens is 1. The van der Waals surface area contributed by atoms with Gasteiger partial charge in [-0.3, -0.25) is 14.6 Å². The molecular weight excluding hydrogens is 505 g/mol. The van der Waals surface area contributed by atoms with Gasteiger partial charge in [-0.15, -0.1) is 13.2 Å². The van der Waals surface area contributed by atoms with Gasteiger partial charge < -0.3 is 25.3 Å². The smallest absolute Gasteiger partial charge is 0.490 e. The molecule has 35 heavy (non-hydrogen) atoms. The minimum atomic E-state index is -5.34. The molecule has 8 nitrogen and oxygen atoms in total. The molecule has 3 rings (SSSR count). The molecule has 2 amide bonds. The third-order valence-electron chi connectivity index (χ3n) is 4.13. The number of nitrogens with two attached hydrogens (primary N) is 1. The summed E-state index contributed by atoms with van der Waals surface area (Å²) in [7, 11) is -3.37. The van der Waals surface area contributed by atoms with E-state index >= 15 is 0 Å². The molecule has 0 atom stereocenters. The first-order chi connectivity index (χ1) is 17.6. The van der Waals surface area contributed by atoms with Crippen molar-refractivity contribution < 1.29 is 49.9 Å². The van der Waals surface area contributed by atoms with Gasteiger partial charge in [0.05, 0.1) is 16.2 Å². The largest absolute Gasteiger partial charge is 0.573 e. The molecule has 0 bridgehead atoms. The lowest BCUT2D eigenvalue weighted by atomic mass is 10.1. The highest BCUT2D eigenvalue weighted by Gasteiger charge is 2.34. The number of methoxy groups -OCH3 is 1. The monoisotopic (exact) mass is 520 g/mol. The van der Waals surface area contributed by atoms with E-state index in [-0.39, 0.29) is 11.4 Å². The number of nitrogens with zero attached hydrogens (tertiary/aromatic N) is 1. The number of hydrogen-bond donors (Lipinski definition) is 2. The summed E-state index contributed by atoms with van der Waals surface area (Å²) in [6.45, 7) is 0. The highest BCUT2D eigenvalue weighted by Crippen LogP contribution is 2.41. The summed E-state index contributed by atoms with van der Waals surface area (Å²) in [6, 6.07) is 5.26. The van der Waals surface area contributed by atoms with Crippen LogP contribution in [-0.4, -0.2) is 30.2 Å². The van der Waals surface area contributed by atoms with Gasteiger partial charge in [0, 0.05) is 11.9 Å². The number of anilines is 1. The van der Waals surface area contributed by atoms with Gasteiger partial charge in [-0.2, -0.15) is 4.39 Å². The normalized spacial score (nSPS) is 12.7. The minimum absolute atomic E-state index is 0.0600. The molecule has 0 aliphatic rings. The summed E-state index contributed by atoms with van der Waals surface area (Å²) in [6.07, 6.45) is -4.22. The summed E-state index contributed by atoms with van der Waals surface area (Å²) in [5.74, 6) is -9.72. The maximum Gasteiger partial charge on any atom is 0.573 e. The molecule has 184 valence electrons. The summed E-state index contributed by atoms with van der Waals surface area (Å²) in [5, 5.41) is 1.68. The van der Waals surface area contributed by atoms with E-state index in [2.05, 4.69) is 19.8 Å². The van der Waals surface area contributed by atoms with Crippen LogP contribution in [-0.2, 0) is 0 Å². The Morgan fingerprint density at radius 2 is 1.77 bits per heavy atom. The maximum atomic E-state index is 14.9. The second-order valence-electron chi connectivity index (χ2n) is 6.44. The number of ether oxygens (including phenoxy) is 3. The number of carbonyl (C=O) groups excluding carboxylic acids is 2. The summed E-state index contributed by atoms with van der Waals surface area (Å²) in [5.41, 5.74) is 3.94. The van der Waals surface area contributed by atoms with Crippen LogP contribution in [0.2, 0.25) is 5.02 Å². The van der Waals surface area contributed by atoms with Crippen molar-refractivity contribution in [2.45, 2.75) is 6.36 Å². The Labute approximate surface area is 202 Å². The molecule has 0 spiro atoms. The molecule has 0 saturated carbocycles. The van der Waals surface area contributed by atoms with Crippen molar-refractivity contribution in [2.24, 2.45) is 5.73 Å². The quantitative estimate of drug-likeness (QED) is 0.421. The van der Waals surface area contributed by atoms with E-state index in [1.165, 1.54) is 6.07 Å². The zero-order valence-electron chi connectivity index (χ0n) is 19.9. The van der Waals surface area contributed by atoms with Crippen LogP contribution in [0, 0.1) is 11.6 Å². The summed E-state index contributed by atoms with van der Waals surface area (Å²) in [4.78, 5) is 27.9. The number of benzene rings is 2. The van der Waals surface area contributed by atoms with E-state index in [1.807, 2.05) is 0 Å². The van der Waals surface area contributed by atoms with Gasteiger partial charge in [0.25, 0.3) is 11.8 Å². The van der Waals surface area contributed by atoms with E-state index in [0.29, 0.717) is 12.1 Å². The van der Waals surface area contributed by atoms with Crippen molar-refractivity contribution in [3.63, 3.8) is 0 Å². The molecule has 0 fully saturated rings. The number of carbonyl (C=O) groups is 2. The Morgan fingerprint density at radius 3 is 2.43 bits per heavy atom. The Hall–Kier alpha value is -4.13. The van der Waals surface area contributed by atoms with Gasteiger partial charge >= 0.3 is 6.36 Å². The fourth-order valence-electron chi connectivity index (χ4n) is 2.68. The lowest BCUT2D eigenvalue weighted by Crippen LogP contribution is -2.18. The molecule has 3 N–H and O–H groups in total. The molecule has 1 aromatic heterocycles. The van der Waals surface area contributed by atoms with Crippen LogP contribution in [0.3, 0.4) is 0 Å². The number of alkyl halides is 3. The lowest BCUT2D eigenvalue weighted by Gasteiger charge is -2.17. The van der Waals surface area contributed by atoms with Crippen LogP contribution in [0.5, 0.6) is 23.0 Å². The summed E-state index contributed by atoms with van der Waals surface area (Å²) < 4.78 is 102. The Bertz CT molecular complexity index is 1410. The first-order valence-electron chi connectivity index (χ1n) is 10.6. The van der Waals surface area contributed by atoms with Gasteiger partial charge in [0.1, 0.15) is 17.0 Å². The Morgan fingerprint density at radius 1 is 1.09 bits per heavy atom. The average molecular weight is 521 g/mol. The third kappa shape index (κ3) is 5.87. The standard InChI is InChI=1S/C21H13ClF5N3O5/c1-33-18-14(5-4-13(17(18)24)35-21(25,26)27)34-12-3-2-10(22)16(23)15(12)20(32)30-9-6-7-29-11(8-9)19(28)31/h2-8H,1H3,(H2,28,31)(H,29,30,32)/i1D3. The predicted octanol–water partition coefficient (Wildman–Crippen LogP) is 5.06. The lowest BCUT2D eigenvalue weighted by molar-refractivity contribution is -0.275.